The molecule has 13 heavy (non-hydrogen) atoms. The summed E-state index contributed by atoms with van der Waals surface area (Å²) in [6.45, 7) is 6.71. The number of anilines is 1. The Hall–Kier alpha value is -0.760. The molecule has 0 aliphatic heterocycles. The molecular formula is C11H14BrN. The molecule has 70 valence electrons. The van der Waals surface area contributed by atoms with Crippen LogP contribution in [0.3, 0.4) is 0 Å². The van der Waals surface area contributed by atoms with Crippen molar-refractivity contribution in [1.29, 1.82) is 0 Å². The van der Waals surface area contributed by atoms with Gasteiger partial charge in [-0.25, -0.2) is 0 Å². The van der Waals surface area contributed by atoms with E-state index in [2.05, 4.69) is 52.9 Å². The summed E-state index contributed by atoms with van der Waals surface area (Å²) >= 11 is 3.32. The van der Waals surface area contributed by atoms with Crippen molar-refractivity contribution in [2.24, 2.45) is 0 Å². The largest absolute Gasteiger partial charge is 0.380 e. The number of benzene rings is 1. The van der Waals surface area contributed by atoms with E-state index in [1.54, 1.807) is 0 Å². The van der Waals surface area contributed by atoms with Crippen LogP contribution in [0, 0.1) is 0 Å². The molecule has 0 atom stereocenters. The molecule has 1 aromatic rings. The highest BCUT2D eigenvalue weighted by Gasteiger charge is 1.97. The van der Waals surface area contributed by atoms with Gasteiger partial charge >= 0.3 is 0 Å². The zero-order valence-electron chi connectivity index (χ0n) is 7.81. The maximum atomic E-state index is 3.78. The summed E-state index contributed by atoms with van der Waals surface area (Å²) in [6.07, 6.45) is 1.05. The third kappa shape index (κ3) is 3.23. The Balaban J connectivity index is 2.69. The standard InChI is InChI=1S/C11H14BrN/c1-3-10-6-4-5-7-11(10)13-8-9(2)12/h4-7,13H,2-3,8H2,1H3. The highest BCUT2D eigenvalue weighted by atomic mass is 79.9. The third-order valence-electron chi connectivity index (χ3n) is 1.87. The summed E-state index contributed by atoms with van der Waals surface area (Å²) in [5.74, 6) is 0. The normalized spacial score (nSPS) is 9.69. The van der Waals surface area contributed by atoms with Crippen LogP contribution in [-0.4, -0.2) is 6.54 Å². The zero-order chi connectivity index (χ0) is 9.68. The molecule has 0 aromatic heterocycles. The van der Waals surface area contributed by atoms with Crippen molar-refractivity contribution in [3.8, 4) is 0 Å². The van der Waals surface area contributed by atoms with Gasteiger partial charge < -0.3 is 5.32 Å². The molecule has 0 aliphatic rings. The first-order valence-corrected chi connectivity index (χ1v) is 5.18. The number of para-hydroxylation sites is 1. The topological polar surface area (TPSA) is 12.0 Å². The van der Waals surface area contributed by atoms with Gasteiger partial charge in [-0.05, 0) is 18.1 Å². The van der Waals surface area contributed by atoms with Crippen LogP contribution < -0.4 is 5.32 Å². The fourth-order valence-electron chi connectivity index (χ4n) is 1.19. The fourth-order valence-corrected chi connectivity index (χ4v) is 1.33. The summed E-state index contributed by atoms with van der Waals surface area (Å²) in [7, 11) is 0. The second-order valence-corrected chi connectivity index (χ2v) is 4.00. The molecule has 0 saturated heterocycles. The fraction of sp³-hybridized carbons (Fsp3) is 0.273. The number of aryl methyl sites for hydroxylation is 1. The molecule has 0 fully saturated rings. The van der Waals surface area contributed by atoms with Crippen molar-refractivity contribution in [3.05, 3.63) is 40.9 Å². The zero-order valence-corrected chi connectivity index (χ0v) is 9.39. The predicted molar refractivity (Wildman–Crippen MR) is 62.4 cm³/mol. The van der Waals surface area contributed by atoms with E-state index in [0.717, 1.165) is 17.4 Å². The molecule has 1 aromatic carbocycles. The molecule has 0 bridgehead atoms. The molecule has 0 aliphatic carbocycles. The van der Waals surface area contributed by atoms with Crippen molar-refractivity contribution in [1.82, 2.24) is 0 Å². The van der Waals surface area contributed by atoms with Crippen LogP contribution >= 0.6 is 15.9 Å². The highest BCUT2D eigenvalue weighted by molar-refractivity contribution is 9.11. The molecule has 1 N–H and O–H groups in total. The number of hydrogen-bond acceptors (Lipinski definition) is 1. The molecule has 0 saturated carbocycles. The lowest BCUT2D eigenvalue weighted by molar-refractivity contribution is 1.13. The average molecular weight is 240 g/mol. The van der Waals surface area contributed by atoms with Crippen molar-refractivity contribution in [3.63, 3.8) is 0 Å². The second kappa shape index (κ2) is 5.07. The van der Waals surface area contributed by atoms with E-state index in [1.165, 1.54) is 11.3 Å². The maximum absolute atomic E-state index is 3.78. The van der Waals surface area contributed by atoms with Gasteiger partial charge in [-0.3, -0.25) is 0 Å². The molecule has 0 spiro atoms. The van der Waals surface area contributed by atoms with Gasteiger partial charge in [0.15, 0.2) is 0 Å². The maximum Gasteiger partial charge on any atom is 0.0460 e. The monoisotopic (exact) mass is 239 g/mol. The summed E-state index contributed by atoms with van der Waals surface area (Å²) in [5, 5.41) is 3.32. The Morgan fingerprint density at radius 2 is 2.15 bits per heavy atom. The average Bonchev–Trinajstić information content (AvgIpc) is 2.15. The van der Waals surface area contributed by atoms with Gasteiger partial charge in [-0.1, -0.05) is 47.6 Å². The van der Waals surface area contributed by atoms with Crippen LogP contribution in [-0.2, 0) is 6.42 Å². The Bertz CT molecular complexity index is 294. The Morgan fingerprint density at radius 3 is 2.77 bits per heavy atom. The van der Waals surface area contributed by atoms with Crippen LogP contribution in [0.4, 0.5) is 5.69 Å². The van der Waals surface area contributed by atoms with Gasteiger partial charge in [-0.2, -0.15) is 0 Å². The summed E-state index contributed by atoms with van der Waals surface area (Å²) in [6, 6.07) is 8.33. The van der Waals surface area contributed by atoms with Gasteiger partial charge in [0.05, 0.1) is 0 Å². The quantitative estimate of drug-likeness (QED) is 0.848. The lowest BCUT2D eigenvalue weighted by Gasteiger charge is -2.09. The number of halogens is 1. The molecule has 0 heterocycles. The van der Waals surface area contributed by atoms with Crippen molar-refractivity contribution in [2.75, 3.05) is 11.9 Å². The van der Waals surface area contributed by atoms with Crippen LogP contribution in [0.2, 0.25) is 0 Å². The first-order chi connectivity index (χ1) is 6.24. The van der Waals surface area contributed by atoms with E-state index >= 15 is 0 Å². The minimum atomic E-state index is 0.775. The van der Waals surface area contributed by atoms with Crippen molar-refractivity contribution < 1.29 is 0 Å². The van der Waals surface area contributed by atoms with Gasteiger partial charge in [0, 0.05) is 16.7 Å². The Morgan fingerprint density at radius 1 is 1.46 bits per heavy atom. The molecule has 1 nitrogen and oxygen atoms in total. The van der Waals surface area contributed by atoms with E-state index in [-0.39, 0.29) is 0 Å². The lowest BCUT2D eigenvalue weighted by Crippen LogP contribution is -2.02. The Kier molecular flexibility index (Phi) is 4.03. The second-order valence-electron chi connectivity index (χ2n) is 2.88. The van der Waals surface area contributed by atoms with Crippen molar-refractivity contribution >= 4 is 21.6 Å². The highest BCUT2D eigenvalue weighted by Crippen LogP contribution is 2.16. The molecule has 1 rings (SSSR count). The smallest absolute Gasteiger partial charge is 0.0460 e. The van der Waals surface area contributed by atoms with E-state index in [4.69, 9.17) is 0 Å². The number of nitrogens with one attached hydrogen (secondary N) is 1. The first-order valence-electron chi connectivity index (χ1n) is 4.39. The van der Waals surface area contributed by atoms with Crippen LogP contribution in [0.1, 0.15) is 12.5 Å². The first kappa shape index (κ1) is 10.3. The van der Waals surface area contributed by atoms with Gasteiger partial charge in [0.1, 0.15) is 0 Å². The third-order valence-corrected chi connectivity index (χ3v) is 2.15. The number of hydrogen-bond donors (Lipinski definition) is 1. The van der Waals surface area contributed by atoms with E-state index in [1.807, 2.05) is 6.07 Å². The summed E-state index contributed by atoms with van der Waals surface area (Å²) in [4.78, 5) is 0. The van der Waals surface area contributed by atoms with Crippen LogP contribution in [0.15, 0.2) is 35.3 Å². The van der Waals surface area contributed by atoms with E-state index < -0.39 is 0 Å². The van der Waals surface area contributed by atoms with E-state index in [0.29, 0.717) is 0 Å². The Labute approximate surface area is 88.0 Å². The minimum absolute atomic E-state index is 0.775. The predicted octanol–water partition coefficient (Wildman–Crippen LogP) is 3.57. The van der Waals surface area contributed by atoms with Crippen LogP contribution in [0.5, 0.6) is 0 Å². The molecule has 0 radical (unpaired) electrons. The van der Waals surface area contributed by atoms with E-state index in [9.17, 15) is 0 Å². The van der Waals surface area contributed by atoms with Gasteiger partial charge in [-0.15, -0.1) is 0 Å². The van der Waals surface area contributed by atoms with Gasteiger partial charge in [0.25, 0.3) is 0 Å². The molecular weight excluding hydrogens is 226 g/mol. The lowest BCUT2D eigenvalue weighted by atomic mass is 10.1. The van der Waals surface area contributed by atoms with Crippen molar-refractivity contribution in [2.45, 2.75) is 13.3 Å². The minimum Gasteiger partial charge on any atom is -0.380 e. The SMILES string of the molecule is C=C(Br)CNc1ccccc1CC. The van der Waals surface area contributed by atoms with Gasteiger partial charge in [0.2, 0.25) is 0 Å². The summed E-state index contributed by atoms with van der Waals surface area (Å²) < 4.78 is 0.971. The molecule has 2 heteroatoms. The number of rotatable bonds is 4. The molecule has 0 amide bonds. The molecule has 0 unspecified atom stereocenters. The van der Waals surface area contributed by atoms with Crippen LogP contribution in [0.25, 0.3) is 0 Å². The summed E-state index contributed by atoms with van der Waals surface area (Å²) in [5.41, 5.74) is 2.54.